The summed E-state index contributed by atoms with van der Waals surface area (Å²) >= 11 is 0. The Morgan fingerprint density at radius 1 is 1.58 bits per heavy atom. The van der Waals surface area contributed by atoms with Gasteiger partial charge in [0.05, 0.1) is 0 Å². The molecule has 0 spiro atoms. The van der Waals surface area contributed by atoms with E-state index in [0.29, 0.717) is 5.56 Å². The lowest BCUT2D eigenvalue weighted by atomic mass is 10.0. The van der Waals surface area contributed by atoms with E-state index in [1.165, 1.54) is 25.1 Å². The summed E-state index contributed by atoms with van der Waals surface area (Å²) in [6.45, 7) is 4.84. The molecule has 0 aliphatic heterocycles. The summed E-state index contributed by atoms with van der Waals surface area (Å²) in [4.78, 5) is 22.4. The van der Waals surface area contributed by atoms with E-state index in [2.05, 4.69) is 16.6 Å². The fraction of sp³-hybridized carbons (Fsp3) is 0.231. The fourth-order valence-corrected chi connectivity index (χ4v) is 1.43. The third-order valence-electron chi connectivity index (χ3n) is 2.36. The summed E-state index contributed by atoms with van der Waals surface area (Å²) in [5.41, 5.74) is 0.562. The van der Waals surface area contributed by atoms with Crippen molar-refractivity contribution in [1.82, 2.24) is 5.32 Å². The average Bonchev–Trinajstić information content (AvgIpc) is 2.36. The number of ether oxygens (including phenoxy) is 1. The second kappa shape index (κ2) is 6.53. The van der Waals surface area contributed by atoms with Gasteiger partial charge in [-0.25, -0.2) is 14.0 Å². The first-order valence-corrected chi connectivity index (χ1v) is 5.48. The van der Waals surface area contributed by atoms with Crippen LogP contribution >= 0.6 is 0 Å². The highest BCUT2D eigenvalue weighted by molar-refractivity contribution is 5.81. The van der Waals surface area contributed by atoms with Gasteiger partial charge in [0, 0.05) is 0 Å². The number of carboxylic acid groups (broad SMARTS) is 1. The van der Waals surface area contributed by atoms with Crippen molar-refractivity contribution in [2.45, 2.75) is 13.0 Å². The van der Waals surface area contributed by atoms with E-state index in [0.717, 1.165) is 6.07 Å². The molecule has 1 amide bonds. The zero-order valence-corrected chi connectivity index (χ0v) is 10.4. The summed E-state index contributed by atoms with van der Waals surface area (Å²) in [6, 6.07) is 2.52. The van der Waals surface area contributed by atoms with E-state index in [9.17, 15) is 14.0 Å². The zero-order valence-electron chi connectivity index (χ0n) is 10.4. The number of aliphatic carboxylic acids is 1. The number of hydrogen-bond acceptors (Lipinski definition) is 3. The molecule has 1 unspecified atom stereocenters. The summed E-state index contributed by atoms with van der Waals surface area (Å²) in [5, 5.41) is 11.3. The highest BCUT2D eigenvalue weighted by atomic mass is 19.1. The lowest BCUT2D eigenvalue weighted by Crippen LogP contribution is -2.34. The van der Waals surface area contributed by atoms with Gasteiger partial charge < -0.3 is 15.2 Å². The van der Waals surface area contributed by atoms with Gasteiger partial charge in [0.15, 0.2) is 6.04 Å². The number of hydrogen-bond donors (Lipinski definition) is 2. The van der Waals surface area contributed by atoms with Gasteiger partial charge in [-0.3, -0.25) is 0 Å². The Morgan fingerprint density at radius 3 is 2.79 bits per heavy atom. The maximum Gasteiger partial charge on any atom is 0.408 e. The van der Waals surface area contributed by atoms with Gasteiger partial charge in [0.2, 0.25) is 0 Å². The van der Waals surface area contributed by atoms with Gasteiger partial charge >= 0.3 is 12.1 Å². The van der Waals surface area contributed by atoms with Crippen LogP contribution in [-0.4, -0.2) is 23.8 Å². The Bertz CT molecular complexity index is 501. The molecule has 0 saturated carbocycles. The van der Waals surface area contributed by atoms with Gasteiger partial charge in [-0.1, -0.05) is 24.8 Å². The van der Waals surface area contributed by atoms with Crippen molar-refractivity contribution in [1.29, 1.82) is 0 Å². The van der Waals surface area contributed by atoms with Crippen LogP contribution in [-0.2, 0) is 9.53 Å². The average molecular weight is 267 g/mol. The minimum absolute atomic E-state index is 0.0272. The van der Waals surface area contributed by atoms with Crippen LogP contribution in [0.4, 0.5) is 9.18 Å². The smallest absolute Gasteiger partial charge is 0.408 e. The quantitative estimate of drug-likeness (QED) is 0.802. The molecule has 1 aromatic carbocycles. The third kappa shape index (κ3) is 4.09. The van der Waals surface area contributed by atoms with E-state index in [-0.39, 0.29) is 12.2 Å². The Balaban J connectivity index is 2.88. The number of aryl methyl sites for hydroxylation is 1. The van der Waals surface area contributed by atoms with Crippen LogP contribution < -0.4 is 5.32 Å². The first-order chi connectivity index (χ1) is 8.95. The Labute approximate surface area is 109 Å². The molecule has 0 saturated heterocycles. The summed E-state index contributed by atoms with van der Waals surface area (Å²) in [5.74, 6) is -1.70. The van der Waals surface area contributed by atoms with Crippen LogP contribution in [0.25, 0.3) is 0 Å². The second-order valence-electron chi connectivity index (χ2n) is 3.81. The number of nitrogens with one attached hydrogen (secondary N) is 1. The third-order valence-corrected chi connectivity index (χ3v) is 2.36. The minimum Gasteiger partial charge on any atom is -0.479 e. The highest BCUT2D eigenvalue weighted by Gasteiger charge is 2.23. The molecule has 5 nitrogen and oxygen atoms in total. The molecule has 6 heteroatoms. The van der Waals surface area contributed by atoms with E-state index >= 15 is 0 Å². The normalized spacial score (nSPS) is 11.5. The predicted molar refractivity (Wildman–Crippen MR) is 66.2 cm³/mol. The number of carboxylic acids is 1. The molecule has 0 fully saturated rings. The number of halogens is 1. The summed E-state index contributed by atoms with van der Waals surface area (Å²) in [7, 11) is 0. The van der Waals surface area contributed by atoms with Crippen molar-refractivity contribution >= 4 is 12.1 Å². The van der Waals surface area contributed by atoms with Crippen LogP contribution in [0.5, 0.6) is 0 Å². The first-order valence-electron chi connectivity index (χ1n) is 5.48. The molecular formula is C13H14FNO4. The number of amides is 1. The van der Waals surface area contributed by atoms with E-state index < -0.39 is 23.9 Å². The number of benzene rings is 1. The largest absolute Gasteiger partial charge is 0.479 e. The van der Waals surface area contributed by atoms with Gasteiger partial charge in [-0.05, 0) is 24.1 Å². The molecule has 19 heavy (non-hydrogen) atoms. The Hall–Kier alpha value is -2.37. The van der Waals surface area contributed by atoms with Crippen molar-refractivity contribution in [2.75, 3.05) is 6.61 Å². The van der Waals surface area contributed by atoms with E-state index in [4.69, 9.17) is 5.11 Å². The molecule has 1 atom stereocenters. The molecule has 0 bridgehead atoms. The molecule has 102 valence electrons. The summed E-state index contributed by atoms with van der Waals surface area (Å²) < 4.78 is 17.8. The van der Waals surface area contributed by atoms with Crippen molar-refractivity contribution in [3.05, 3.63) is 47.8 Å². The first kappa shape index (κ1) is 14.7. The molecule has 0 aliphatic carbocycles. The lowest BCUT2D eigenvalue weighted by Gasteiger charge is -2.15. The fourth-order valence-electron chi connectivity index (χ4n) is 1.43. The Morgan fingerprint density at radius 2 is 2.26 bits per heavy atom. The molecular weight excluding hydrogens is 253 g/mol. The van der Waals surface area contributed by atoms with Crippen LogP contribution in [0, 0.1) is 12.7 Å². The van der Waals surface area contributed by atoms with Gasteiger partial charge in [0.25, 0.3) is 0 Å². The summed E-state index contributed by atoms with van der Waals surface area (Å²) in [6.07, 6.45) is 0.478. The van der Waals surface area contributed by atoms with Crippen LogP contribution in [0.1, 0.15) is 17.2 Å². The maximum atomic E-state index is 13.1. The standard InChI is InChI=1S/C13H14FNO4/c1-3-6-19-13(18)15-11(12(16)17)9-4-5-10(14)8(2)7-9/h3-5,7,11H,1,6H2,2H3,(H,15,18)(H,16,17). The van der Waals surface area contributed by atoms with Crippen molar-refractivity contribution in [3.63, 3.8) is 0 Å². The molecule has 0 aliphatic rings. The van der Waals surface area contributed by atoms with Crippen LogP contribution in [0.15, 0.2) is 30.9 Å². The lowest BCUT2D eigenvalue weighted by molar-refractivity contribution is -0.139. The predicted octanol–water partition coefficient (Wildman–Crippen LogP) is 2.17. The molecule has 1 aromatic rings. The van der Waals surface area contributed by atoms with E-state index in [1.807, 2.05) is 0 Å². The van der Waals surface area contributed by atoms with Crippen molar-refractivity contribution < 1.29 is 23.8 Å². The topological polar surface area (TPSA) is 75.6 Å². The minimum atomic E-state index is -1.29. The molecule has 2 N–H and O–H groups in total. The van der Waals surface area contributed by atoms with E-state index in [1.54, 1.807) is 0 Å². The zero-order chi connectivity index (χ0) is 14.4. The van der Waals surface area contributed by atoms with Crippen LogP contribution in [0.3, 0.4) is 0 Å². The van der Waals surface area contributed by atoms with Crippen molar-refractivity contribution in [3.8, 4) is 0 Å². The number of carbonyl (C=O) groups is 2. The monoisotopic (exact) mass is 267 g/mol. The number of alkyl carbamates (subject to hydrolysis) is 1. The van der Waals surface area contributed by atoms with Crippen LogP contribution in [0.2, 0.25) is 0 Å². The highest BCUT2D eigenvalue weighted by Crippen LogP contribution is 2.17. The molecule has 0 radical (unpaired) electrons. The van der Waals surface area contributed by atoms with Crippen molar-refractivity contribution in [2.24, 2.45) is 0 Å². The molecule has 0 aromatic heterocycles. The van der Waals surface area contributed by atoms with Gasteiger partial charge in [0.1, 0.15) is 12.4 Å². The molecule has 1 rings (SSSR count). The SMILES string of the molecule is C=CCOC(=O)NC(C(=O)O)c1ccc(F)c(C)c1. The van der Waals surface area contributed by atoms with Gasteiger partial charge in [-0.15, -0.1) is 0 Å². The second-order valence-corrected chi connectivity index (χ2v) is 3.81. The van der Waals surface area contributed by atoms with Gasteiger partial charge in [-0.2, -0.15) is 0 Å². The maximum absolute atomic E-state index is 13.1. The number of rotatable bonds is 5. The molecule has 0 heterocycles. The number of carbonyl (C=O) groups excluding carboxylic acids is 1. The Kier molecular flexibility index (Phi) is 5.05.